The quantitative estimate of drug-likeness (QED) is 0.819. The zero-order chi connectivity index (χ0) is 16.9. The molecule has 2 aliphatic rings. The fourth-order valence-corrected chi connectivity index (χ4v) is 3.37. The highest BCUT2D eigenvalue weighted by molar-refractivity contribution is 5.82. The Morgan fingerprint density at radius 2 is 1.96 bits per heavy atom. The summed E-state index contributed by atoms with van der Waals surface area (Å²) in [7, 11) is 0. The van der Waals surface area contributed by atoms with Crippen LogP contribution in [0.15, 0.2) is 24.3 Å². The van der Waals surface area contributed by atoms with Gasteiger partial charge in [0.15, 0.2) is 0 Å². The first kappa shape index (κ1) is 17.2. The maximum Gasteiger partial charge on any atom is 0.239 e. The predicted octanol–water partition coefficient (Wildman–Crippen LogP) is 0.452. The number of hydrogen-bond donors (Lipinski definition) is 2. The van der Waals surface area contributed by atoms with E-state index < -0.39 is 0 Å². The molecule has 3 rings (SSSR count). The molecular weight excluding hydrogens is 306 g/mol. The highest BCUT2D eigenvalue weighted by atomic mass is 16.5. The summed E-state index contributed by atoms with van der Waals surface area (Å²) in [6.07, 6.45) is 0.144. The van der Waals surface area contributed by atoms with Crippen molar-refractivity contribution in [3.05, 3.63) is 29.8 Å². The molecule has 0 radical (unpaired) electrons. The minimum Gasteiger partial charge on any atom is -0.494 e. The molecule has 2 heterocycles. The fraction of sp³-hybridized carbons (Fsp3) is 0.611. The van der Waals surface area contributed by atoms with Gasteiger partial charge in [-0.2, -0.15) is 0 Å². The molecule has 0 aromatic heterocycles. The second-order valence-corrected chi connectivity index (χ2v) is 6.53. The number of amides is 1. The molecule has 2 atom stereocenters. The number of piperazine rings is 1. The van der Waals surface area contributed by atoms with Crippen LogP contribution in [-0.4, -0.2) is 72.3 Å². The largest absolute Gasteiger partial charge is 0.494 e. The van der Waals surface area contributed by atoms with Gasteiger partial charge in [0.05, 0.1) is 18.8 Å². The number of carbonyl (C=O) groups is 1. The van der Waals surface area contributed by atoms with E-state index in [9.17, 15) is 9.90 Å². The van der Waals surface area contributed by atoms with E-state index in [1.165, 1.54) is 5.56 Å². The standard InChI is InChI=1S/C18H27N3O3/c1-2-24-16-5-3-14(4-6-16)13-20-7-9-21(10-8-20)18(23)17-11-15(22)12-19-17/h3-6,15,17,19,22H,2,7-13H2,1H3. The van der Waals surface area contributed by atoms with Gasteiger partial charge in [0, 0.05) is 39.3 Å². The summed E-state index contributed by atoms with van der Waals surface area (Å²) in [5, 5.41) is 12.7. The van der Waals surface area contributed by atoms with E-state index in [1.807, 2.05) is 24.0 Å². The molecule has 132 valence electrons. The average Bonchev–Trinajstić information content (AvgIpc) is 3.03. The van der Waals surface area contributed by atoms with Gasteiger partial charge in [0.2, 0.25) is 5.91 Å². The first-order valence-electron chi connectivity index (χ1n) is 8.80. The summed E-state index contributed by atoms with van der Waals surface area (Å²) in [5.74, 6) is 1.04. The van der Waals surface area contributed by atoms with Crippen molar-refractivity contribution < 1.29 is 14.6 Å². The summed E-state index contributed by atoms with van der Waals surface area (Å²) in [6.45, 7) is 7.36. The molecule has 0 spiro atoms. The second-order valence-electron chi connectivity index (χ2n) is 6.53. The predicted molar refractivity (Wildman–Crippen MR) is 91.9 cm³/mol. The van der Waals surface area contributed by atoms with Gasteiger partial charge in [0.25, 0.3) is 0 Å². The van der Waals surface area contributed by atoms with E-state index in [2.05, 4.69) is 22.3 Å². The monoisotopic (exact) mass is 333 g/mol. The van der Waals surface area contributed by atoms with Crippen LogP contribution in [0.1, 0.15) is 18.9 Å². The molecule has 2 unspecified atom stereocenters. The van der Waals surface area contributed by atoms with Gasteiger partial charge in [-0.05, 0) is 31.0 Å². The molecule has 6 heteroatoms. The van der Waals surface area contributed by atoms with E-state index in [4.69, 9.17) is 4.74 Å². The van der Waals surface area contributed by atoms with Gasteiger partial charge in [-0.1, -0.05) is 12.1 Å². The van der Waals surface area contributed by atoms with Gasteiger partial charge < -0.3 is 20.1 Å². The van der Waals surface area contributed by atoms with E-state index >= 15 is 0 Å². The minimum atomic E-state index is -0.389. The van der Waals surface area contributed by atoms with Crippen LogP contribution in [-0.2, 0) is 11.3 Å². The van der Waals surface area contributed by atoms with Crippen LogP contribution < -0.4 is 10.1 Å². The van der Waals surface area contributed by atoms with Gasteiger partial charge in [0.1, 0.15) is 5.75 Å². The summed E-state index contributed by atoms with van der Waals surface area (Å²) in [4.78, 5) is 16.7. The molecule has 6 nitrogen and oxygen atoms in total. The lowest BCUT2D eigenvalue weighted by atomic mass is 10.1. The Hall–Kier alpha value is -1.63. The number of β-amino-alcohol motifs (C(OH)–C–C–N with tert-alkyl or cyclic N) is 1. The van der Waals surface area contributed by atoms with Crippen LogP contribution in [0.5, 0.6) is 5.75 Å². The number of hydrogen-bond acceptors (Lipinski definition) is 5. The Kier molecular flexibility index (Phi) is 5.71. The van der Waals surface area contributed by atoms with Crippen molar-refractivity contribution in [2.45, 2.75) is 32.0 Å². The maximum absolute atomic E-state index is 12.4. The zero-order valence-electron chi connectivity index (χ0n) is 14.3. The molecule has 1 amide bonds. The van der Waals surface area contributed by atoms with Crippen molar-refractivity contribution >= 4 is 5.91 Å². The first-order valence-corrected chi connectivity index (χ1v) is 8.80. The number of nitrogens with one attached hydrogen (secondary N) is 1. The van der Waals surface area contributed by atoms with Crippen LogP contribution in [0.25, 0.3) is 0 Å². The second kappa shape index (κ2) is 7.96. The fourth-order valence-electron chi connectivity index (χ4n) is 3.37. The van der Waals surface area contributed by atoms with Crippen LogP contribution in [0.2, 0.25) is 0 Å². The molecule has 24 heavy (non-hydrogen) atoms. The van der Waals surface area contributed by atoms with Crippen LogP contribution in [0, 0.1) is 0 Å². The minimum absolute atomic E-state index is 0.132. The zero-order valence-corrected chi connectivity index (χ0v) is 14.3. The van der Waals surface area contributed by atoms with Crippen molar-refractivity contribution in [2.75, 3.05) is 39.3 Å². The highest BCUT2D eigenvalue weighted by Crippen LogP contribution is 2.16. The molecular formula is C18H27N3O3. The third-order valence-electron chi connectivity index (χ3n) is 4.73. The van der Waals surface area contributed by atoms with Crippen molar-refractivity contribution in [1.82, 2.24) is 15.1 Å². The highest BCUT2D eigenvalue weighted by Gasteiger charge is 2.32. The summed E-state index contributed by atoms with van der Waals surface area (Å²) < 4.78 is 5.47. The molecule has 1 aromatic carbocycles. The summed E-state index contributed by atoms with van der Waals surface area (Å²) >= 11 is 0. The lowest BCUT2D eigenvalue weighted by molar-refractivity contribution is -0.135. The van der Waals surface area contributed by atoms with Gasteiger partial charge in [-0.25, -0.2) is 0 Å². The Bertz CT molecular complexity index is 541. The van der Waals surface area contributed by atoms with E-state index in [0.717, 1.165) is 38.5 Å². The molecule has 2 fully saturated rings. The summed E-state index contributed by atoms with van der Waals surface area (Å²) in [5.41, 5.74) is 1.26. The Balaban J connectivity index is 1.45. The number of benzene rings is 1. The normalized spacial score (nSPS) is 25.0. The number of ether oxygens (including phenoxy) is 1. The average molecular weight is 333 g/mol. The van der Waals surface area contributed by atoms with Gasteiger partial charge in [-0.15, -0.1) is 0 Å². The van der Waals surface area contributed by atoms with Crippen molar-refractivity contribution in [3.8, 4) is 5.75 Å². The van der Waals surface area contributed by atoms with Crippen molar-refractivity contribution in [3.63, 3.8) is 0 Å². The Labute approximate surface area is 143 Å². The third-order valence-corrected chi connectivity index (χ3v) is 4.73. The van der Waals surface area contributed by atoms with Crippen molar-refractivity contribution in [2.24, 2.45) is 0 Å². The Morgan fingerprint density at radius 1 is 1.25 bits per heavy atom. The van der Waals surface area contributed by atoms with E-state index in [0.29, 0.717) is 19.6 Å². The SMILES string of the molecule is CCOc1ccc(CN2CCN(C(=O)C3CC(O)CN3)CC2)cc1. The third kappa shape index (κ3) is 4.26. The topological polar surface area (TPSA) is 65.0 Å². The molecule has 2 saturated heterocycles. The number of aliphatic hydroxyl groups excluding tert-OH is 1. The first-order chi connectivity index (χ1) is 11.7. The van der Waals surface area contributed by atoms with Gasteiger partial charge >= 0.3 is 0 Å². The van der Waals surface area contributed by atoms with Crippen LogP contribution in [0.4, 0.5) is 0 Å². The lowest BCUT2D eigenvalue weighted by Gasteiger charge is -2.36. The molecule has 2 aliphatic heterocycles. The maximum atomic E-state index is 12.4. The number of aliphatic hydroxyl groups is 1. The lowest BCUT2D eigenvalue weighted by Crippen LogP contribution is -2.52. The smallest absolute Gasteiger partial charge is 0.239 e. The van der Waals surface area contributed by atoms with Crippen LogP contribution in [0.3, 0.4) is 0 Å². The number of nitrogens with zero attached hydrogens (tertiary/aromatic N) is 2. The Morgan fingerprint density at radius 3 is 2.54 bits per heavy atom. The molecule has 0 saturated carbocycles. The molecule has 0 aliphatic carbocycles. The van der Waals surface area contributed by atoms with Gasteiger partial charge in [-0.3, -0.25) is 9.69 Å². The molecule has 2 N–H and O–H groups in total. The van der Waals surface area contributed by atoms with Crippen molar-refractivity contribution in [1.29, 1.82) is 0 Å². The molecule has 0 bridgehead atoms. The number of rotatable bonds is 5. The molecule has 1 aromatic rings. The van der Waals surface area contributed by atoms with E-state index in [-0.39, 0.29) is 18.1 Å². The van der Waals surface area contributed by atoms with E-state index in [1.54, 1.807) is 0 Å². The number of carbonyl (C=O) groups excluding carboxylic acids is 1. The van der Waals surface area contributed by atoms with Crippen LogP contribution >= 0.6 is 0 Å². The summed E-state index contributed by atoms with van der Waals surface area (Å²) in [6, 6.07) is 8.02.